The first kappa shape index (κ1) is 16.5. The molecule has 24 heavy (non-hydrogen) atoms. The highest BCUT2D eigenvalue weighted by atomic mass is 16.6. The molecule has 5 heteroatoms. The SMILES string of the molecule is CCC1(OC(=O)C2C3CC(C(O)C3O)C2C(C)=O)CC2CCC1C2. The molecule has 0 saturated heterocycles. The molecule has 0 aromatic carbocycles. The maximum Gasteiger partial charge on any atom is 0.310 e. The van der Waals surface area contributed by atoms with Crippen molar-refractivity contribution in [2.45, 2.75) is 70.2 Å². The number of esters is 1. The van der Waals surface area contributed by atoms with Crippen molar-refractivity contribution in [1.29, 1.82) is 0 Å². The van der Waals surface area contributed by atoms with Gasteiger partial charge in [-0.05, 0) is 63.2 Å². The van der Waals surface area contributed by atoms with Crippen LogP contribution in [0.5, 0.6) is 0 Å². The number of aliphatic hydroxyl groups excluding tert-OH is 2. The molecule has 9 unspecified atom stereocenters. The number of ether oxygens (including phenoxy) is 1. The van der Waals surface area contributed by atoms with Crippen LogP contribution >= 0.6 is 0 Å². The molecule has 4 aliphatic rings. The molecule has 9 atom stereocenters. The fraction of sp³-hybridized carbons (Fsp3) is 0.895. The average molecular weight is 336 g/mol. The van der Waals surface area contributed by atoms with E-state index in [4.69, 9.17) is 4.74 Å². The summed E-state index contributed by atoms with van der Waals surface area (Å²) in [4.78, 5) is 25.1. The molecule has 4 rings (SSSR count). The maximum atomic E-state index is 13.0. The van der Waals surface area contributed by atoms with Gasteiger partial charge in [-0.3, -0.25) is 9.59 Å². The zero-order valence-electron chi connectivity index (χ0n) is 14.5. The standard InChI is InChI=1S/C19H28O5/c1-3-19(8-10-4-5-11(19)6-10)24-18(23)15-13-7-12(14(15)9(2)20)16(21)17(13)22/h10-17,21-22H,3-8H2,1-2H3. The number of carbonyl (C=O) groups excluding carboxylic acids is 2. The Balaban J connectivity index is 1.56. The first-order valence-corrected chi connectivity index (χ1v) is 9.47. The molecule has 4 bridgehead atoms. The van der Waals surface area contributed by atoms with Gasteiger partial charge >= 0.3 is 5.97 Å². The van der Waals surface area contributed by atoms with Crippen molar-refractivity contribution in [2.24, 2.45) is 35.5 Å². The second kappa shape index (κ2) is 5.53. The molecule has 0 spiro atoms. The number of hydrogen-bond acceptors (Lipinski definition) is 5. The fourth-order valence-corrected chi connectivity index (χ4v) is 6.52. The molecule has 134 valence electrons. The molecular weight excluding hydrogens is 308 g/mol. The molecule has 0 heterocycles. The van der Waals surface area contributed by atoms with Crippen LogP contribution in [0.15, 0.2) is 0 Å². The number of rotatable bonds is 4. The minimum absolute atomic E-state index is 0.0751. The zero-order valence-corrected chi connectivity index (χ0v) is 14.5. The van der Waals surface area contributed by atoms with E-state index in [0.29, 0.717) is 18.3 Å². The van der Waals surface area contributed by atoms with Crippen LogP contribution < -0.4 is 0 Å². The molecule has 5 nitrogen and oxygen atoms in total. The van der Waals surface area contributed by atoms with E-state index in [9.17, 15) is 19.8 Å². The molecule has 0 aromatic rings. The summed E-state index contributed by atoms with van der Waals surface area (Å²) in [6.07, 6.45) is 4.00. The van der Waals surface area contributed by atoms with Crippen LogP contribution in [0.3, 0.4) is 0 Å². The molecule has 0 aromatic heterocycles. The number of carbonyl (C=O) groups is 2. The number of aliphatic hydroxyl groups is 2. The Labute approximate surface area is 142 Å². The van der Waals surface area contributed by atoms with Crippen LogP contribution in [0.4, 0.5) is 0 Å². The third-order valence-corrected chi connectivity index (χ3v) is 7.64. The zero-order chi connectivity index (χ0) is 17.2. The average Bonchev–Trinajstić information content (AvgIpc) is 3.28. The lowest BCUT2D eigenvalue weighted by molar-refractivity contribution is -0.181. The summed E-state index contributed by atoms with van der Waals surface area (Å²) in [6.45, 7) is 3.56. The van der Waals surface area contributed by atoms with E-state index in [1.807, 2.05) is 0 Å². The Morgan fingerprint density at radius 3 is 2.25 bits per heavy atom. The van der Waals surface area contributed by atoms with E-state index in [1.54, 1.807) is 0 Å². The first-order chi connectivity index (χ1) is 11.4. The van der Waals surface area contributed by atoms with Crippen molar-refractivity contribution in [1.82, 2.24) is 0 Å². The Kier molecular flexibility index (Phi) is 3.81. The fourth-order valence-electron chi connectivity index (χ4n) is 6.52. The van der Waals surface area contributed by atoms with Gasteiger partial charge in [0.25, 0.3) is 0 Å². The molecule has 0 radical (unpaired) electrons. The van der Waals surface area contributed by atoms with Crippen molar-refractivity contribution in [3.8, 4) is 0 Å². The normalized spacial score (nSPS) is 52.0. The Morgan fingerprint density at radius 2 is 1.75 bits per heavy atom. The molecule has 0 amide bonds. The topological polar surface area (TPSA) is 83.8 Å². The summed E-state index contributed by atoms with van der Waals surface area (Å²) >= 11 is 0. The molecular formula is C19H28O5. The summed E-state index contributed by atoms with van der Waals surface area (Å²) in [5.41, 5.74) is -0.368. The van der Waals surface area contributed by atoms with E-state index < -0.39 is 24.0 Å². The molecule has 0 aliphatic heterocycles. The Morgan fingerprint density at radius 1 is 1.08 bits per heavy atom. The molecule has 4 fully saturated rings. The van der Waals surface area contributed by atoms with E-state index in [-0.39, 0.29) is 29.2 Å². The van der Waals surface area contributed by atoms with Crippen molar-refractivity contribution in [2.75, 3.05) is 0 Å². The van der Waals surface area contributed by atoms with E-state index in [0.717, 1.165) is 25.7 Å². The number of fused-ring (bicyclic) bond motifs is 4. The van der Waals surface area contributed by atoms with Crippen LogP contribution in [-0.4, -0.2) is 39.8 Å². The summed E-state index contributed by atoms with van der Waals surface area (Å²) in [5.74, 6) is -1.03. The smallest absolute Gasteiger partial charge is 0.310 e. The lowest BCUT2D eigenvalue weighted by Gasteiger charge is -2.40. The van der Waals surface area contributed by atoms with Crippen molar-refractivity contribution >= 4 is 11.8 Å². The predicted octanol–water partition coefficient (Wildman–Crippen LogP) is 1.69. The van der Waals surface area contributed by atoms with Gasteiger partial charge in [0.15, 0.2) is 0 Å². The van der Waals surface area contributed by atoms with Crippen LogP contribution in [0, 0.1) is 35.5 Å². The maximum absolute atomic E-state index is 13.0. The largest absolute Gasteiger partial charge is 0.459 e. The Bertz CT molecular complexity index is 560. The first-order valence-electron chi connectivity index (χ1n) is 9.47. The van der Waals surface area contributed by atoms with Gasteiger partial charge in [0.2, 0.25) is 0 Å². The number of hydrogen-bond donors (Lipinski definition) is 2. The second-order valence-electron chi connectivity index (χ2n) is 8.63. The highest BCUT2D eigenvalue weighted by molar-refractivity contribution is 5.87. The lowest BCUT2D eigenvalue weighted by atomic mass is 9.74. The van der Waals surface area contributed by atoms with Crippen molar-refractivity contribution < 1.29 is 24.5 Å². The summed E-state index contributed by atoms with van der Waals surface area (Å²) in [6, 6.07) is 0. The highest BCUT2D eigenvalue weighted by Gasteiger charge is 2.63. The monoisotopic (exact) mass is 336 g/mol. The van der Waals surface area contributed by atoms with Gasteiger partial charge in [0.05, 0.1) is 18.1 Å². The summed E-state index contributed by atoms with van der Waals surface area (Å²) < 4.78 is 6.10. The minimum atomic E-state index is -0.916. The Hall–Kier alpha value is -0.940. The predicted molar refractivity (Wildman–Crippen MR) is 85.8 cm³/mol. The minimum Gasteiger partial charge on any atom is -0.459 e. The van der Waals surface area contributed by atoms with Crippen LogP contribution in [0.2, 0.25) is 0 Å². The van der Waals surface area contributed by atoms with Crippen molar-refractivity contribution in [3.05, 3.63) is 0 Å². The molecule has 2 N–H and O–H groups in total. The molecule has 4 saturated carbocycles. The third-order valence-electron chi connectivity index (χ3n) is 7.64. The van der Waals surface area contributed by atoms with Gasteiger partial charge in [0.1, 0.15) is 11.4 Å². The number of Topliss-reactive ketones (excluding diaryl/α,β-unsaturated/α-hetero) is 1. The van der Waals surface area contributed by atoms with Crippen LogP contribution in [0.25, 0.3) is 0 Å². The van der Waals surface area contributed by atoms with Gasteiger partial charge in [-0.15, -0.1) is 0 Å². The third kappa shape index (κ3) is 2.13. The van der Waals surface area contributed by atoms with Gasteiger partial charge < -0.3 is 14.9 Å². The van der Waals surface area contributed by atoms with Crippen LogP contribution in [-0.2, 0) is 14.3 Å². The van der Waals surface area contributed by atoms with Gasteiger partial charge in [0, 0.05) is 11.8 Å². The summed E-state index contributed by atoms with van der Waals surface area (Å²) in [7, 11) is 0. The van der Waals surface area contributed by atoms with Gasteiger partial charge in [-0.1, -0.05) is 6.92 Å². The number of ketones is 1. The van der Waals surface area contributed by atoms with Crippen molar-refractivity contribution in [3.63, 3.8) is 0 Å². The van der Waals surface area contributed by atoms with Crippen LogP contribution in [0.1, 0.15) is 52.4 Å². The van der Waals surface area contributed by atoms with E-state index in [1.165, 1.54) is 13.3 Å². The molecule has 4 aliphatic carbocycles. The highest BCUT2D eigenvalue weighted by Crippen LogP contribution is 2.57. The van der Waals surface area contributed by atoms with E-state index >= 15 is 0 Å². The van der Waals surface area contributed by atoms with Gasteiger partial charge in [-0.25, -0.2) is 0 Å². The second-order valence-corrected chi connectivity index (χ2v) is 8.63. The van der Waals surface area contributed by atoms with Gasteiger partial charge in [-0.2, -0.15) is 0 Å². The quantitative estimate of drug-likeness (QED) is 0.763. The van der Waals surface area contributed by atoms with E-state index in [2.05, 4.69) is 6.92 Å². The summed E-state index contributed by atoms with van der Waals surface area (Å²) in [5, 5.41) is 20.3. The lowest BCUT2D eigenvalue weighted by Crippen LogP contribution is -2.50.